The van der Waals surface area contributed by atoms with Crippen LogP contribution in [0.2, 0.25) is 0 Å². The average molecular weight is 349 g/mol. The maximum absolute atomic E-state index is 12.5. The molecule has 2 aromatic rings. The van der Waals surface area contributed by atoms with Crippen LogP contribution in [0.3, 0.4) is 0 Å². The van der Waals surface area contributed by atoms with Crippen molar-refractivity contribution in [3.63, 3.8) is 0 Å². The number of carbonyl (C=O) groups excluding carboxylic acids is 1. The molecule has 1 aromatic carbocycles. The Bertz CT molecular complexity index is 590. The summed E-state index contributed by atoms with van der Waals surface area (Å²) < 4.78 is 0.664. The Morgan fingerprint density at radius 2 is 1.90 bits per heavy atom. The van der Waals surface area contributed by atoms with Crippen LogP contribution in [0.4, 0.5) is 0 Å². The van der Waals surface area contributed by atoms with Crippen LogP contribution in [0.5, 0.6) is 0 Å². The highest BCUT2D eigenvalue weighted by Crippen LogP contribution is 2.15. The first-order valence-corrected chi connectivity index (χ1v) is 7.56. The second kappa shape index (κ2) is 7.90. The number of carbonyl (C=O) groups is 1. The van der Waals surface area contributed by atoms with Crippen LogP contribution in [0.15, 0.2) is 53.1 Å². The summed E-state index contributed by atoms with van der Waals surface area (Å²) in [6.07, 6.45) is 2.34. The molecule has 4 nitrogen and oxygen atoms in total. The SMILES string of the molecule is O=C(c1ncccc1Br)N(CCO)CCc1ccccc1. The Hall–Kier alpha value is -1.72. The molecule has 0 aliphatic heterocycles. The van der Waals surface area contributed by atoms with E-state index in [9.17, 15) is 9.90 Å². The van der Waals surface area contributed by atoms with Gasteiger partial charge in [-0.3, -0.25) is 4.79 Å². The summed E-state index contributed by atoms with van der Waals surface area (Å²) in [5, 5.41) is 9.17. The maximum atomic E-state index is 12.5. The number of hydrogen-bond donors (Lipinski definition) is 1. The lowest BCUT2D eigenvalue weighted by atomic mass is 10.1. The molecule has 0 fully saturated rings. The van der Waals surface area contributed by atoms with Crippen molar-refractivity contribution in [1.82, 2.24) is 9.88 Å². The van der Waals surface area contributed by atoms with Crippen molar-refractivity contribution in [2.24, 2.45) is 0 Å². The number of aliphatic hydroxyl groups is 1. The van der Waals surface area contributed by atoms with Gasteiger partial charge in [-0.15, -0.1) is 0 Å². The van der Waals surface area contributed by atoms with Gasteiger partial charge in [0.15, 0.2) is 0 Å². The number of rotatable bonds is 6. The molecular formula is C16H17BrN2O2. The number of amides is 1. The summed E-state index contributed by atoms with van der Waals surface area (Å²) in [6.45, 7) is 0.784. The normalized spacial score (nSPS) is 10.4. The standard InChI is InChI=1S/C16H17BrN2O2/c17-14-7-4-9-18-15(14)16(21)19(11-12-20)10-8-13-5-2-1-3-6-13/h1-7,9,20H,8,10-12H2. The Labute approximate surface area is 132 Å². The highest BCUT2D eigenvalue weighted by Gasteiger charge is 2.18. The van der Waals surface area contributed by atoms with Gasteiger partial charge in [-0.05, 0) is 40.0 Å². The molecule has 0 aliphatic carbocycles. The molecule has 1 heterocycles. The zero-order valence-electron chi connectivity index (χ0n) is 11.6. The molecule has 0 spiro atoms. The van der Waals surface area contributed by atoms with Crippen molar-refractivity contribution < 1.29 is 9.90 Å². The van der Waals surface area contributed by atoms with E-state index in [2.05, 4.69) is 20.9 Å². The van der Waals surface area contributed by atoms with Crippen LogP contribution in [0.25, 0.3) is 0 Å². The fourth-order valence-corrected chi connectivity index (χ4v) is 2.46. The average Bonchev–Trinajstić information content (AvgIpc) is 2.52. The Kier molecular flexibility index (Phi) is 5.90. The molecule has 1 amide bonds. The van der Waals surface area contributed by atoms with E-state index in [1.165, 1.54) is 0 Å². The van der Waals surface area contributed by atoms with Crippen molar-refractivity contribution in [2.75, 3.05) is 19.7 Å². The molecule has 0 saturated carbocycles. The lowest BCUT2D eigenvalue weighted by molar-refractivity contribution is 0.0717. The fraction of sp³-hybridized carbons (Fsp3) is 0.250. The van der Waals surface area contributed by atoms with E-state index in [0.29, 0.717) is 23.3 Å². The van der Waals surface area contributed by atoms with Crippen LogP contribution in [-0.2, 0) is 6.42 Å². The van der Waals surface area contributed by atoms with Crippen molar-refractivity contribution in [2.45, 2.75) is 6.42 Å². The topological polar surface area (TPSA) is 53.4 Å². The predicted octanol–water partition coefficient (Wildman–Crippen LogP) is 2.52. The largest absolute Gasteiger partial charge is 0.395 e. The molecule has 21 heavy (non-hydrogen) atoms. The zero-order chi connectivity index (χ0) is 15.1. The van der Waals surface area contributed by atoms with E-state index in [-0.39, 0.29) is 12.5 Å². The van der Waals surface area contributed by atoms with E-state index in [0.717, 1.165) is 12.0 Å². The van der Waals surface area contributed by atoms with E-state index >= 15 is 0 Å². The van der Waals surface area contributed by atoms with Gasteiger partial charge in [0.2, 0.25) is 0 Å². The molecule has 0 saturated heterocycles. The van der Waals surface area contributed by atoms with Gasteiger partial charge >= 0.3 is 0 Å². The van der Waals surface area contributed by atoms with Gasteiger partial charge in [-0.2, -0.15) is 0 Å². The van der Waals surface area contributed by atoms with Gasteiger partial charge < -0.3 is 10.0 Å². The first kappa shape index (κ1) is 15.7. The van der Waals surface area contributed by atoms with Crippen LogP contribution in [0.1, 0.15) is 16.1 Å². The van der Waals surface area contributed by atoms with Crippen molar-refractivity contribution in [3.05, 3.63) is 64.4 Å². The predicted molar refractivity (Wildman–Crippen MR) is 85.1 cm³/mol. The molecule has 2 rings (SSSR count). The van der Waals surface area contributed by atoms with E-state index < -0.39 is 0 Å². The molecule has 1 N–H and O–H groups in total. The first-order chi connectivity index (χ1) is 10.2. The molecule has 0 unspecified atom stereocenters. The number of aromatic nitrogens is 1. The molecule has 0 bridgehead atoms. The van der Waals surface area contributed by atoms with E-state index in [4.69, 9.17) is 0 Å². The molecule has 0 aliphatic rings. The van der Waals surface area contributed by atoms with Crippen LogP contribution < -0.4 is 0 Å². The summed E-state index contributed by atoms with van der Waals surface area (Å²) in [5.74, 6) is -0.174. The highest BCUT2D eigenvalue weighted by atomic mass is 79.9. The van der Waals surface area contributed by atoms with Gasteiger partial charge in [0.05, 0.1) is 6.61 Å². The summed E-state index contributed by atoms with van der Waals surface area (Å²) >= 11 is 3.34. The summed E-state index contributed by atoms with van der Waals surface area (Å²) in [4.78, 5) is 18.2. The van der Waals surface area contributed by atoms with E-state index in [1.54, 1.807) is 23.2 Å². The Morgan fingerprint density at radius 1 is 1.14 bits per heavy atom. The van der Waals surface area contributed by atoms with Crippen molar-refractivity contribution in [1.29, 1.82) is 0 Å². The smallest absolute Gasteiger partial charge is 0.273 e. The monoisotopic (exact) mass is 348 g/mol. The van der Waals surface area contributed by atoms with Crippen LogP contribution in [-0.4, -0.2) is 40.6 Å². The maximum Gasteiger partial charge on any atom is 0.273 e. The quantitative estimate of drug-likeness (QED) is 0.872. The third-order valence-corrected chi connectivity index (χ3v) is 3.77. The van der Waals surface area contributed by atoms with Gasteiger partial charge in [-0.25, -0.2) is 4.98 Å². The van der Waals surface area contributed by atoms with Crippen molar-refractivity contribution in [3.8, 4) is 0 Å². The van der Waals surface area contributed by atoms with Crippen molar-refractivity contribution >= 4 is 21.8 Å². The zero-order valence-corrected chi connectivity index (χ0v) is 13.2. The summed E-state index contributed by atoms with van der Waals surface area (Å²) in [7, 11) is 0. The first-order valence-electron chi connectivity index (χ1n) is 6.77. The Balaban J connectivity index is 2.08. The van der Waals surface area contributed by atoms with Crippen LogP contribution >= 0.6 is 15.9 Å². The molecule has 110 valence electrons. The third-order valence-electron chi connectivity index (χ3n) is 3.13. The van der Waals surface area contributed by atoms with Gasteiger partial charge in [-0.1, -0.05) is 30.3 Å². The lowest BCUT2D eigenvalue weighted by Gasteiger charge is -2.21. The minimum absolute atomic E-state index is 0.0645. The molecule has 1 aromatic heterocycles. The van der Waals surface area contributed by atoms with Gasteiger partial charge in [0.25, 0.3) is 5.91 Å². The van der Waals surface area contributed by atoms with Crippen LogP contribution in [0, 0.1) is 0 Å². The molecular weight excluding hydrogens is 332 g/mol. The number of benzene rings is 1. The second-order valence-electron chi connectivity index (χ2n) is 4.59. The second-order valence-corrected chi connectivity index (χ2v) is 5.44. The Morgan fingerprint density at radius 3 is 2.57 bits per heavy atom. The van der Waals surface area contributed by atoms with Gasteiger partial charge in [0.1, 0.15) is 5.69 Å². The molecule has 0 radical (unpaired) electrons. The van der Waals surface area contributed by atoms with Gasteiger partial charge in [0, 0.05) is 23.8 Å². The van der Waals surface area contributed by atoms with E-state index in [1.807, 2.05) is 30.3 Å². The fourth-order valence-electron chi connectivity index (χ4n) is 2.04. The number of hydrogen-bond acceptors (Lipinski definition) is 3. The summed E-state index contributed by atoms with van der Waals surface area (Å²) in [5.41, 5.74) is 1.53. The minimum Gasteiger partial charge on any atom is -0.395 e. The summed E-state index contributed by atoms with van der Waals surface area (Å²) in [6, 6.07) is 13.5. The lowest BCUT2D eigenvalue weighted by Crippen LogP contribution is -2.36. The molecule has 0 atom stereocenters. The molecule has 5 heteroatoms. The highest BCUT2D eigenvalue weighted by molar-refractivity contribution is 9.10. The number of halogens is 1. The number of nitrogens with zero attached hydrogens (tertiary/aromatic N) is 2. The minimum atomic E-state index is -0.174. The number of aliphatic hydroxyl groups excluding tert-OH is 1. The third kappa shape index (κ3) is 4.37. The number of pyridine rings is 1.